The summed E-state index contributed by atoms with van der Waals surface area (Å²) in [7, 11) is -3.60. The van der Waals surface area contributed by atoms with Gasteiger partial charge in [0.1, 0.15) is 0 Å². The standard InChI is InChI=1S/C15H23NO4S/c1-11(2)5-4-6-12(3)16-21(19,20)14-9-7-13(8-10-14)15(17)18/h7-12,16H,4-6H2,1-3H3,(H,17,18). The van der Waals surface area contributed by atoms with Gasteiger partial charge in [0.05, 0.1) is 10.5 Å². The van der Waals surface area contributed by atoms with E-state index in [2.05, 4.69) is 18.6 Å². The van der Waals surface area contributed by atoms with Crippen molar-refractivity contribution in [2.45, 2.75) is 51.0 Å². The molecule has 0 saturated heterocycles. The van der Waals surface area contributed by atoms with Gasteiger partial charge in [-0.15, -0.1) is 0 Å². The zero-order valence-electron chi connectivity index (χ0n) is 12.7. The molecule has 0 saturated carbocycles. The van der Waals surface area contributed by atoms with E-state index in [1.54, 1.807) is 0 Å². The summed E-state index contributed by atoms with van der Waals surface area (Å²) in [5.41, 5.74) is 0.0685. The summed E-state index contributed by atoms with van der Waals surface area (Å²) in [4.78, 5) is 10.8. The largest absolute Gasteiger partial charge is 0.478 e. The van der Waals surface area contributed by atoms with E-state index in [9.17, 15) is 13.2 Å². The van der Waals surface area contributed by atoms with Gasteiger partial charge in [0.15, 0.2) is 0 Å². The van der Waals surface area contributed by atoms with Crippen LogP contribution in [0.3, 0.4) is 0 Å². The van der Waals surface area contributed by atoms with Gasteiger partial charge >= 0.3 is 5.97 Å². The van der Waals surface area contributed by atoms with Gasteiger partial charge in [-0.05, 0) is 43.5 Å². The molecule has 118 valence electrons. The van der Waals surface area contributed by atoms with Crippen LogP contribution in [0.4, 0.5) is 0 Å². The predicted octanol–water partition coefficient (Wildman–Crippen LogP) is 2.88. The molecule has 0 aromatic heterocycles. The van der Waals surface area contributed by atoms with Crippen LogP contribution in [0, 0.1) is 5.92 Å². The van der Waals surface area contributed by atoms with Gasteiger partial charge in [0, 0.05) is 6.04 Å². The van der Waals surface area contributed by atoms with Crippen molar-refractivity contribution in [2.24, 2.45) is 5.92 Å². The molecule has 0 fully saturated rings. The number of carboxylic acids is 1. The van der Waals surface area contributed by atoms with Gasteiger partial charge in [0.25, 0.3) is 0 Å². The lowest BCUT2D eigenvalue weighted by molar-refractivity contribution is 0.0696. The normalized spacial score (nSPS) is 13.3. The molecule has 0 aliphatic rings. The summed E-state index contributed by atoms with van der Waals surface area (Å²) < 4.78 is 26.9. The smallest absolute Gasteiger partial charge is 0.335 e. The number of hydrogen-bond acceptors (Lipinski definition) is 3. The molecule has 0 heterocycles. The summed E-state index contributed by atoms with van der Waals surface area (Å²) in [6.45, 7) is 6.11. The first-order chi connectivity index (χ1) is 9.72. The Balaban J connectivity index is 2.66. The minimum absolute atomic E-state index is 0.0685. The third-order valence-electron chi connectivity index (χ3n) is 3.19. The second-order valence-corrected chi connectivity index (χ2v) is 7.39. The highest BCUT2D eigenvalue weighted by atomic mass is 32.2. The monoisotopic (exact) mass is 313 g/mol. The van der Waals surface area contributed by atoms with Crippen LogP contribution in [0.2, 0.25) is 0 Å². The molecule has 0 aliphatic heterocycles. The number of rotatable bonds is 8. The third kappa shape index (κ3) is 5.85. The van der Waals surface area contributed by atoms with Crippen molar-refractivity contribution in [3.8, 4) is 0 Å². The van der Waals surface area contributed by atoms with E-state index in [0.29, 0.717) is 5.92 Å². The van der Waals surface area contributed by atoms with Crippen molar-refractivity contribution < 1.29 is 18.3 Å². The lowest BCUT2D eigenvalue weighted by atomic mass is 10.0. The highest BCUT2D eigenvalue weighted by molar-refractivity contribution is 7.89. The second-order valence-electron chi connectivity index (χ2n) is 5.68. The maximum atomic E-state index is 12.2. The fourth-order valence-corrected chi connectivity index (χ4v) is 3.28. The molecule has 1 aromatic carbocycles. The molecule has 1 rings (SSSR count). The molecule has 1 unspecified atom stereocenters. The van der Waals surface area contributed by atoms with Crippen LogP contribution in [-0.4, -0.2) is 25.5 Å². The van der Waals surface area contributed by atoms with Gasteiger partial charge in [-0.2, -0.15) is 0 Å². The molecule has 2 N–H and O–H groups in total. The molecular formula is C15H23NO4S. The summed E-state index contributed by atoms with van der Waals surface area (Å²) in [5, 5.41) is 8.80. The minimum Gasteiger partial charge on any atom is -0.478 e. The average Bonchev–Trinajstić information content (AvgIpc) is 2.37. The van der Waals surface area contributed by atoms with Crippen LogP contribution < -0.4 is 4.72 Å². The highest BCUT2D eigenvalue weighted by Gasteiger charge is 2.17. The third-order valence-corrected chi connectivity index (χ3v) is 4.79. The molecule has 21 heavy (non-hydrogen) atoms. The van der Waals surface area contributed by atoms with E-state index in [4.69, 9.17) is 5.11 Å². The van der Waals surface area contributed by atoms with Crippen LogP contribution in [0.5, 0.6) is 0 Å². The first kappa shape index (κ1) is 17.7. The van der Waals surface area contributed by atoms with Crippen LogP contribution in [0.25, 0.3) is 0 Å². The van der Waals surface area contributed by atoms with Crippen LogP contribution in [0.1, 0.15) is 50.4 Å². The first-order valence-electron chi connectivity index (χ1n) is 7.08. The maximum Gasteiger partial charge on any atom is 0.335 e. The van der Waals surface area contributed by atoms with Gasteiger partial charge in [-0.25, -0.2) is 17.9 Å². The zero-order chi connectivity index (χ0) is 16.0. The number of benzene rings is 1. The molecule has 5 nitrogen and oxygen atoms in total. The Labute approximate surface area is 126 Å². The molecular weight excluding hydrogens is 290 g/mol. The van der Waals surface area contributed by atoms with E-state index >= 15 is 0 Å². The lowest BCUT2D eigenvalue weighted by Crippen LogP contribution is -2.32. The van der Waals surface area contributed by atoms with Crippen molar-refractivity contribution in [3.63, 3.8) is 0 Å². The predicted molar refractivity (Wildman–Crippen MR) is 81.9 cm³/mol. The van der Waals surface area contributed by atoms with Gasteiger partial charge in [0.2, 0.25) is 10.0 Å². The number of nitrogens with one attached hydrogen (secondary N) is 1. The van der Waals surface area contributed by atoms with E-state index in [0.717, 1.165) is 19.3 Å². The Morgan fingerprint density at radius 3 is 2.19 bits per heavy atom. The molecule has 0 bridgehead atoms. The lowest BCUT2D eigenvalue weighted by Gasteiger charge is -2.15. The van der Waals surface area contributed by atoms with Crippen LogP contribution in [-0.2, 0) is 10.0 Å². The second kappa shape index (κ2) is 7.56. The average molecular weight is 313 g/mol. The first-order valence-corrected chi connectivity index (χ1v) is 8.56. The van der Waals surface area contributed by atoms with Crippen LogP contribution in [0.15, 0.2) is 29.2 Å². The quantitative estimate of drug-likeness (QED) is 0.773. The number of hydrogen-bond donors (Lipinski definition) is 2. The van der Waals surface area contributed by atoms with Crippen LogP contribution >= 0.6 is 0 Å². The molecule has 1 aromatic rings. The Bertz CT molecular complexity index is 564. The SMILES string of the molecule is CC(C)CCCC(C)NS(=O)(=O)c1ccc(C(=O)O)cc1. The molecule has 0 radical (unpaired) electrons. The molecule has 0 spiro atoms. The Morgan fingerprint density at radius 2 is 1.71 bits per heavy atom. The van der Waals surface area contributed by atoms with Crippen molar-refractivity contribution in [1.29, 1.82) is 0 Å². The molecule has 1 atom stereocenters. The van der Waals surface area contributed by atoms with Gasteiger partial charge in [-0.1, -0.05) is 26.7 Å². The zero-order valence-corrected chi connectivity index (χ0v) is 13.5. The topological polar surface area (TPSA) is 83.5 Å². The van der Waals surface area contributed by atoms with Crippen molar-refractivity contribution in [2.75, 3.05) is 0 Å². The number of carboxylic acid groups (broad SMARTS) is 1. The Kier molecular flexibility index (Phi) is 6.36. The number of sulfonamides is 1. The Hall–Kier alpha value is -1.40. The number of carbonyl (C=O) groups is 1. The minimum atomic E-state index is -3.60. The van der Waals surface area contributed by atoms with E-state index in [1.807, 2.05) is 6.92 Å². The summed E-state index contributed by atoms with van der Waals surface area (Å²) >= 11 is 0. The summed E-state index contributed by atoms with van der Waals surface area (Å²) in [6, 6.07) is 5.06. The number of aromatic carboxylic acids is 1. The highest BCUT2D eigenvalue weighted by Crippen LogP contribution is 2.13. The molecule has 6 heteroatoms. The van der Waals surface area contributed by atoms with Gasteiger partial charge in [-0.3, -0.25) is 0 Å². The van der Waals surface area contributed by atoms with E-state index in [-0.39, 0.29) is 16.5 Å². The van der Waals surface area contributed by atoms with Crippen molar-refractivity contribution in [1.82, 2.24) is 4.72 Å². The van der Waals surface area contributed by atoms with Crippen molar-refractivity contribution >= 4 is 16.0 Å². The van der Waals surface area contributed by atoms with Crippen molar-refractivity contribution in [3.05, 3.63) is 29.8 Å². The fraction of sp³-hybridized carbons (Fsp3) is 0.533. The maximum absolute atomic E-state index is 12.2. The summed E-state index contributed by atoms with van der Waals surface area (Å²) in [6.07, 6.45) is 2.82. The fourth-order valence-electron chi connectivity index (χ4n) is 2.00. The molecule has 0 aliphatic carbocycles. The summed E-state index contributed by atoms with van der Waals surface area (Å²) in [5.74, 6) is -0.466. The van der Waals surface area contributed by atoms with E-state index in [1.165, 1.54) is 24.3 Å². The Morgan fingerprint density at radius 1 is 1.14 bits per heavy atom. The van der Waals surface area contributed by atoms with Gasteiger partial charge < -0.3 is 5.11 Å². The molecule has 0 amide bonds. The van der Waals surface area contributed by atoms with E-state index < -0.39 is 16.0 Å².